The molecule has 2 N–H and O–H groups in total. The number of likely N-dealkylation sites (tertiary alicyclic amines) is 2. The molecule has 0 saturated carbocycles. The molecule has 2 aromatic rings. The quantitative estimate of drug-likeness (QED) is 0.426. The molecule has 0 unspecified atom stereocenters. The van der Waals surface area contributed by atoms with Gasteiger partial charge in [0.25, 0.3) is 0 Å². The Morgan fingerprint density at radius 2 is 1.69 bits per heavy atom. The molecule has 2 heterocycles. The number of rotatable bonds is 6. The first-order valence-electron chi connectivity index (χ1n) is 11.6. The molecule has 2 amide bonds. The molecule has 2 saturated heterocycles. The summed E-state index contributed by atoms with van der Waals surface area (Å²) in [5, 5.41) is 13.2. The zero-order chi connectivity index (χ0) is 25.8. The summed E-state index contributed by atoms with van der Waals surface area (Å²) in [4.78, 5) is 40.0. The van der Waals surface area contributed by atoms with Crippen LogP contribution in [0, 0.1) is 11.7 Å². The molecule has 8 nitrogen and oxygen atoms in total. The second-order valence-corrected chi connectivity index (χ2v) is 9.80. The molecule has 0 bridgehead atoms. The van der Waals surface area contributed by atoms with Gasteiger partial charge in [0.05, 0.1) is 16.6 Å². The number of hydrogen-bond donors (Lipinski definition) is 2. The Bertz CT molecular complexity index is 1130. The fourth-order valence-corrected chi connectivity index (χ4v) is 5.04. The normalized spacial score (nSPS) is 20.4. The van der Waals surface area contributed by atoms with Gasteiger partial charge < -0.3 is 25.0 Å². The van der Waals surface area contributed by atoms with Crippen LogP contribution in [0.25, 0.3) is 0 Å². The summed E-state index contributed by atoms with van der Waals surface area (Å²) in [6, 6.07) is 10.2. The van der Waals surface area contributed by atoms with Crippen molar-refractivity contribution in [2.24, 2.45) is 5.92 Å². The summed E-state index contributed by atoms with van der Waals surface area (Å²) in [6.45, 7) is 1.33. The number of benzene rings is 2. The van der Waals surface area contributed by atoms with E-state index in [1.54, 1.807) is 17.0 Å². The number of carbonyl (C=O) groups excluding carboxylic acids is 2. The first-order valence-corrected chi connectivity index (χ1v) is 12.4. The second-order valence-electron chi connectivity index (χ2n) is 8.98. The van der Waals surface area contributed by atoms with Gasteiger partial charge in [-0.05, 0) is 54.8 Å². The molecule has 0 radical (unpaired) electrons. The molecule has 0 aliphatic carbocycles. The van der Waals surface area contributed by atoms with E-state index >= 15 is 0 Å². The fraction of sp³-hybridized carbons (Fsp3) is 0.400. The van der Waals surface area contributed by atoms with Crippen molar-refractivity contribution in [3.63, 3.8) is 0 Å². The summed E-state index contributed by atoms with van der Waals surface area (Å²) >= 11 is 12.3. The largest absolute Gasteiger partial charge is 0.465 e. The molecule has 0 aromatic heterocycles. The number of amides is 2. The van der Waals surface area contributed by atoms with E-state index in [-0.39, 0.29) is 36.1 Å². The summed E-state index contributed by atoms with van der Waals surface area (Å²) in [5.74, 6) is -1.16. The van der Waals surface area contributed by atoms with E-state index in [9.17, 15) is 18.8 Å². The summed E-state index contributed by atoms with van der Waals surface area (Å²) in [6.07, 6.45) is -0.0268. The predicted molar refractivity (Wildman–Crippen MR) is 132 cm³/mol. The highest BCUT2D eigenvalue weighted by Crippen LogP contribution is 2.33. The Balaban J connectivity index is 1.43. The van der Waals surface area contributed by atoms with Gasteiger partial charge in [0, 0.05) is 44.1 Å². The number of ether oxygens (including phenoxy) is 1. The Labute approximate surface area is 217 Å². The summed E-state index contributed by atoms with van der Waals surface area (Å²) in [5.41, 5.74) is 0.879. The molecule has 11 heteroatoms. The summed E-state index contributed by atoms with van der Waals surface area (Å²) in [7, 11) is 0. The van der Waals surface area contributed by atoms with Crippen LogP contribution in [0.5, 0.6) is 5.75 Å². The van der Waals surface area contributed by atoms with Crippen molar-refractivity contribution in [3.8, 4) is 5.75 Å². The standard InChI is InChI=1S/C25H26Cl2FN3O5/c26-20-6-1-16(11-21(20)27)19-13-31(24(33)15-7-9-30(10-8-15)25(34)35)14-22(19)29-12-23(32)36-18-4-2-17(28)3-5-18/h1-6,11,15,19,22,29H,7-10,12-14H2,(H,34,35)/t19-,22+/m1/s1. The fourth-order valence-electron chi connectivity index (χ4n) is 4.73. The van der Waals surface area contributed by atoms with Crippen molar-refractivity contribution >= 4 is 41.2 Å². The van der Waals surface area contributed by atoms with Crippen molar-refractivity contribution in [2.45, 2.75) is 24.8 Å². The van der Waals surface area contributed by atoms with Gasteiger partial charge in [-0.25, -0.2) is 9.18 Å². The van der Waals surface area contributed by atoms with Crippen LogP contribution in [0.1, 0.15) is 24.3 Å². The Kier molecular flexibility index (Phi) is 8.33. The molecule has 2 aliphatic rings. The van der Waals surface area contributed by atoms with E-state index < -0.39 is 17.9 Å². The molecule has 2 fully saturated rings. The zero-order valence-corrected chi connectivity index (χ0v) is 20.8. The molecular formula is C25H26Cl2FN3O5. The first-order chi connectivity index (χ1) is 17.2. The predicted octanol–water partition coefficient (Wildman–Crippen LogP) is 4.01. The van der Waals surface area contributed by atoms with Crippen molar-refractivity contribution in [1.82, 2.24) is 15.1 Å². The third kappa shape index (κ3) is 6.27. The highest BCUT2D eigenvalue weighted by atomic mass is 35.5. The minimum atomic E-state index is -0.974. The highest BCUT2D eigenvalue weighted by Gasteiger charge is 2.39. The minimum Gasteiger partial charge on any atom is -0.465 e. The average molecular weight is 538 g/mol. The third-order valence-corrected chi connectivity index (χ3v) is 7.41. The SMILES string of the molecule is O=C(CN[C@H]1CN(C(=O)C2CCN(C(=O)O)CC2)C[C@@H]1c1ccc(Cl)c(Cl)c1)Oc1ccc(F)cc1. The van der Waals surface area contributed by atoms with Crippen molar-refractivity contribution in [1.29, 1.82) is 0 Å². The molecular weight excluding hydrogens is 512 g/mol. The highest BCUT2D eigenvalue weighted by molar-refractivity contribution is 6.42. The lowest BCUT2D eigenvalue weighted by atomic mass is 9.94. The minimum absolute atomic E-state index is 0.0247. The van der Waals surface area contributed by atoms with Gasteiger partial charge in [-0.1, -0.05) is 29.3 Å². The van der Waals surface area contributed by atoms with E-state index in [1.165, 1.54) is 29.2 Å². The van der Waals surface area contributed by atoms with Crippen LogP contribution in [0.4, 0.5) is 9.18 Å². The number of hydrogen-bond acceptors (Lipinski definition) is 5. The van der Waals surface area contributed by atoms with Gasteiger partial charge in [0.1, 0.15) is 11.6 Å². The monoisotopic (exact) mass is 537 g/mol. The van der Waals surface area contributed by atoms with Crippen LogP contribution in [-0.4, -0.2) is 71.6 Å². The molecule has 2 aromatic carbocycles. The van der Waals surface area contributed by atoms with E-state index in [4.69, 9.17) is 33.0 Å². The van der Waals surface area contributed by atoms with Gasteiger partial charge in [0.15, 0.2) is 0 Å². The van der Waals surface area contributed by atoms with Crippen LogP contribution >= 0.6 is 23.2 Å². The van der Waals surface area contributed by atoms with Crippen LogP contribution in [0.15, 0.2) is 42.5 Å². The zero-order valence-electron chi connectivity index (χ0n) is 19.3. The Morgan fingerprint density at radius 3 is 2.33 bits per heavy atom. The van der Waals surface area contributed by atoms with Gasteiger partial charge in [-0.15, -0.1) is 0 Å². The Morgan fingerprint density at radius 1 is 1.00 bits per heavy atom. The molecule has 4 rings (SSSR count). The lowest BCUT2D eigenvalue weighted by molar-refractivity contribution is -0.136. The number of halogens is 3. The number of carboxylic acid groups (broad SMARTS) is 1. The molecule has 36 heavy (non-hydrogen) atoms. The number of piperidine rings is 1. The lowest BCUT2D eigenvalue weighted by Crippen LogP contribution is -2.44. The van der Waals surface area contributed by atoms with Crippen LogP contribution < -0.4 is 10.1 Å². The molecule has 0 spiro atoms. The number of nitrogens with zero attached hydrogens (tertiary/aromatic N) is 2. The van der Waals surface area contributed by atoms with E-state index in [2.05, 4.69) is 5.32 Å². The van der Waals surface area contributed by atoms with Crippen molar-refractivity contribution < 1.29 is 28.6 Å². The number of carbonyl (C=O) groups is 3. The lowest BCUT2D eigenvalue weighted by Gasteiger charge is -2.31. The van der Waals surface area contributed by atoms with E-state index in [0.717, 1.165) is 5.56 Å². The van der Waals surface area contributed by atoms with Crippen molar-refractivity contribution in [3.05, 3.63) is 63.9 Å². The third-order valence-electron chi connectivity index (χ3n) is 6.67. The van der Waals surface area contributed by atoms with E-state index in [1.807, 2.05) is 6.07 Å². The number of esters is 1. The molecule has 2 atom stereocenters. The van der Waals surface area contributed by atoms with Crippen molar-refractivity contribution in [2.75, 3.05) is 32.7 Å². The maximum Gasteiger partial charge on any atom is 0.407 e. The molecule has 192 valence electrons. The van der Waals surface area contributed by atoms with Gasteiger partial charge in [-0.3, -0.25) is 9.59 Å². The maximum absolute atomic E-state index is 13.3. The second kappa shape index (κ2) is 11.5. The van der Waals surface area contributed by atoms with Gasteiger partial charge >= 0.3 is 12.1 Å². The first kappa shape index (κ1) is 26.2. The maximum atomic E-state index is 13.3. The average Bonchev–Trinajstić information content (AvgIpc) is 3.30. The number of nitrogens with one attached hydrogen (secondary N) is 1. The molecule has 2 aliphatic heterocycles. The van der Waals surface area contributed by atoms with E-state index in [0.29, 0.717) is 49.1 Å². The van der Waals surface area contributed by atoms with Gasteiger partial charge in [0.2, 0.25) is 5.91 Å². The Hall–Kier alpha value is -2.88. The summed E-state index contributed by atoms with van der Waals surface area (Å²) < 4.78 is 18.4. The van der Waals surface area contributed by atoms with Crippen LogP contribution in [0.3, 0.4) is 0 Å². The van der Waals surface area contributed by atoms with Gasteiger partial charge in [-0.2, -0.15) is 0 Å². The topological polar surface area (TPSA) is 99.2 Å². The van der Waals surface area contributed by atoms with Crippen LogP contribution in [-0.2, 0) is 9.59 Å². The van der Waals surface area contributed by atoms with Crippen LogP contribution in [0.2, 0.25) is 10.0 Å². The smallest absolute Gasteiger partial charge is 0.407 e.